The molecule has 0 atom stereocenters. The van der Waals surface area contributed by atoms with Crippen molar-refractivity contribution in [2.45, 2.75) is 234 Å². The smallest absolute Gasteiger partial charge is 0.341 e. The van der Waals surface area contributed by atoms with Crippen LogP contribution in [-0.2, 0) is 45.7 Å². The Morgan fingerprint density at radius 3 is 0.927 bits per heavy atom. The van der Waals surface area contributed by atoms with Crippen LogP contribution in [-0.4, -0.2) is 44.2 Å². The first-order chi connectivity index (χ1) is 39.1. The lowest BCUT2D eigenvalue weighted by Crippen LogP contribution is -2.47. The summed E-state index contributed by atoms with van der Waals surface area (Å²) in [7, 11) is 0. The molecule has 432 valence electrons. The molecule has 0 N–H and O–H groups in total. The van der Waals surface area contributed by atoms with Gasteiger partial charge in [-0.05, 0) is 226 Å². The van der Waals surface area contributed by atoms with Crippen molar-refractivity contribution in [2.75, 3.05) is 0 Å². The lowest BCUT2D eigenvalue weighted by Gasteiger charge is -2.33. The predicted octanol–water partition coefficient (Wildman–Crippen LogP) is 16.5. The van der Waals surface area contributed by atoms with Gasteiger partial charge in [0.05, 0.1) is 33.3 Å². The topological polar surface area (TPSA) is 98.9 Å². The number of rotatable bonds is 24. The molecule has 0 aromatic heterocycles. The van der Waals surface area contributed by atoms with E-state index < -0.39 is 34.1 Å². The zero-order valence-corrected chi connectivity index (χ0v) is 51.6. The molecular formula is C74H90N2O6. The lowest BCUT2D eigenvalue weighted by atomic mass is 9.92. The van der Waals surface area contributed by atoms with Crippen molar-refractivity contribution in [1.82, 2.24) is 10.1 Å². The van der Waals surface area contributed by atoms with Gasteiger partial charge in [0.1, 0.15) is 11.5 Å². The van der Waals surface area contributed by atoms with E-state index in [0.29, 0.717) is 22.6 Å². The van der Waals surface area contributed by atoms with Crippen LogP contribution in [0.1, 0.15) is 241 Å². The van der Waals surface area contributed by atoms with E-state index in [9.17, 15) is 20.0 Å². The molecule has 4 aromatic carbocycles. The maximum absolute atomic E-state index is 13.3. The Bertz CT molecular complexity index is 2960. The number of esters is 2. The normalized spacial score (nSPS) is 15.6. The second-order valence-corrected chi connectivity index (χ2v) is 24.5. The van der Waals surface area contributed by atoms with Crippen molar-refractivity contribution >= 4 is 11.9 Å². The van der Waals surface area contributed by atoms with Gasteiger partial charge in [0, 0.05) is 33.4 Å². The van der Waals surface area contributed by atoms with Gasteiger partial charge in [-0.3, -0.25) is 0 Å². The van der Waals surface area contributed by atoms with Crippen molar-refractivity contribution in [1.29, 1.82) is 0 Å². The highest BCUT2D eigenvalue weighted by Gasteiger charge is 2.50. The van der Waals surface area contributed by atoms with Crippen LogP contribution < -0.4 is 9.47 Å². The molecule has 82 heavy (non-hydrogen) atoms. The molecule has 0 unspecified atom stereocenters. The van der Waals surface area contributed by atoms with Crippen molar-refractivity contribution < 1.29 is 29.5 Å². The number of hydrogen-bond donors (Lipinski definition) is 0. The van der Waals surface area contributed by atoms with Gasteiger partial charge in [-0.2, -0.15) is 0 Å². The Balaban J connectivity index is 1.30. The van der Waals surface area contributed by atoms with E-state index >= 15 is 0 Å². The highest BCUT2D eigenvalue weighted by molar-refractivity contribution is 5.94. The van der Waals surface area contributed by atoms with Crippen molar-refractivity contribution in [2.24, 2.45) is 0 Å². The summed E-state index contributed by atoms with van der Waals surface area (Å²) in [6, 6.07) is 23.6. The Labute approximate surface area is 493 Å². The molecule has 8 nitrogen and oxygen atoms in total. The molecule has 8 heteroatoms. The SMILES string of the molecule is CCCCCCc1cc(C#Cc2ccc(OC(=O)C3=CC(C)(C)N([O])C3(C)C)cc2)c(CCCCCC)cc1C#CC#Cc1cc(CCCCCC)c(C#Cc2ccc(OC(=O)C3=CC(C)(C)N([O])C3(C)C)cc2)cc1CCCCCC. The zero-order chi connectivity index (χ0) is 59.5. The van der Waals surface area contributed by atoms with Gasteiger partial charge in [0.15, 0.2) is 0 Å². The van der Waals surface area contributed by atoms with E-state index in [2.05, 4.69) is 99.3 Å². The Morgan fingerprint density at radius 1 is 0.390 bits per heavy atom. The summed E-state index contributed by atoms with van der Waals surface area (Å²) >= 11 is 0. The first-order valence-corrected chi connectivity index (χ1v) is 30.6. The van der Waals surface area contributed by atoms with E-state index in [1.54, 1.807) is 91.8 Å². The third-order valence-electron chi connectivity index (χ3n) is 15.9. The van der Waals surface area contributed by atoms with Gasteiger partial charge < -0.3 is 9.47 Å². The van der Waals surface area contributed by atoms with Crippen molar-refractivity contribution in [3.63, 3.8) is 0 Å². The van der Waals surface area contributed by atoms with Gasteiger partial charge in [-0.25, -0.2) is 9.59 Å². The molecule has 2 aliphatic heterocycles. The van der Waals surface area contributed by atoms with Gasteiger partial charge in [0.2, 0.25) is 0 Å². The highest BCUT2D eigenvalue weighted by atomic mass is 16.5. The fraction of sp³-hybridized carbons (Fsp3) is 0.486. The number of carbonyl (C=O) groups excluding carboxylic acids is 2. The third-order valence-corrected chi connectivity index (χ3v) is 15.9. The average molecular weight is 1100 g/mol. The number of unbranched alkanes of at least 4 members (excludes halogenated alkanes) is 12. The highest BCUT2D eigenvalue weighted by Crippen LogP contribution is 2.41. The summed E-state index contributed by atoms with van der Waals surface area (Å²) in [6.45, 7) is 23.1. The molecular weight excluding hydrogens is 1010 g/mol. The van der Waals surface area contributed by atoms with Gasteiger partial charge in [-0.1, -0.05) is 140 Å². The van der Waals surface area contributed by atoms with Gasteiger partial charge in [0.25, 0.3) is 0 Å². The number of hydroxylamine groups is 4. The second kappa shape index (κ2) is 30.1. The van der Waals surface area contributed by atoms with Crippen LogP contribution in [0.2, 0.25) is 0 Å². The average Bonchev–Trinajstić information content (AvgIpc) is 3.89. The monoisotopic (exact) mass is 1100 g/mol. The second-order valence-electron chi connectivity index (χ2n) is 24.5. The Hall–Kier alpha value is -6.62. The molecule has 0 saturated carbocycles. The number of aryl methyl sites for hydroxylation is 4. The molecule has 6 rings (SSSR count). The zero-order valence-electron chi connectivity index (χ0n) is 51.6. The van der Waals surface area contributed by atoms with Gasteiger partial charge >= 0.3 is 11.9 Å². The van der Waals surface area contributed by atoms with Crippen LogP contribution in [0, 0.1) is 47.4 Å². The quantitative estimate of drug-likeness (QED) is 0.0300. The molecule has 0 saturated heterocycles. The molecule has 0 bridgehead atoms. The minimum absolute atomic E-state index is 0.351. The van der Waals surface area contributed by atoms with Crippen molar-refractivity contribution in [3.05, 3.63) is 152 Å². The summed E-state index contributed by atoms with van der Waals surface area (Å²) in [4.78, 5) is 26.6. The first-order valence-electron chi connectivity index (χ1n) is 30.6. The molecule has 0 spiro atoms. The van der Waals surface area contributed by atoms with Gasteiger partial charge in [-0.15, -0.1) is 20.5 Å². The summed E-state index contributed by atoms with van der Waals surface area (Å²) in [5.41, 5.74) is 7.51. The van der Waals surface area contributed by atoms with Crippen LogP contribution in [0.3, 0.4) is 0 Å². The summed E-state index contributed by atoms with van der Waals surface area (Å²) < 4.78 is 11.5. The fourth-order valence-electron chi connectivity index (χ4n) is 11.1. The minimum Gasteiger partial charge on any atom is -0.423 e. The first kappa shape index (κ1) is 64.5. The lowest BCUT2D eigenvalue weighted by molar-refractivity contribution is -0.238. The fourth-order valence-corrected chi connectivity index (χ4v) is 11.1. The van der Waals surface area contributed by atoms with E-state index in [1.807, 2.05) is 24.3 Å². The van der Waals surface area contributed by atoms with Crippen LogP contribution in [0.25, 0.3) is 0 Å². The summed E-state index contributed by atoms with van der Waals surface area (Å²) in [5.74, 6) is 27.4. The summed E-state index contributed by atoms with van der Waals surface area (Å²) in [6.07, 6.45) is 25.2. The molecule has 0 amide bonds. The number of nitrogens with zero attached hydrogens (tertiary/aromatic N) is 2. The minimum atomic E-state index is -1.000. The number of ether oxygens (including phenoxy) is 2. The van der Waals surface area contributed by atoms with Crippen LogP contribution in [0.5, 0.6) is 11.5 Å². The number of carbonyl (C=O) groups is 2. The molecule has 0 fully saturated rings. The maximum Gasteiger partial charge on any atom is 0.341 e. The third kappa shape index (κ3) is 17.5. The largest absolute Gasteiger partial charge is 0.423 e. The summed E-state index contributed by atoms with van der Waals surface area (Å²) in [5, 5.41) is 27.7. The Morgan fingerprint density at radius 2 is 0.671 bits per heavy atom. The molecule has 2 radical (unpaired) electrons. The standard InChI is InChI=1S/C74H90N2O6/c1-13-17-21-25-31-57-51-63(43-37-55-39-45-65(46-40-55)81-69(77)67-53-71(5,6)75(79)73(67,9)10)61(33-27-23-19-15-3)49-59(57)35-29-30-36-60-50-62(34-28-24-20-16-4)64(52-58(60)32-26-22-18-14-2)44-38-56-41-47-66(48-42-56)82-70(78)68-54-72(7,8)76(80)74(68,11)12/h39-42,45-54H,13-28,31-34H2,1-12H3. The van der Waals surface area contributed by atoms with Crippen molar-refractivity contribution in [3.8, 4) is 58.9 Å². The number of benzene rings is 4. The van der Waals surface area contributed by atoms with E-state index in [0.717, 1.165) is 146 Å². The van der Waals surface area contributed by atoms with E-state index in [1.165, 1.54) is 47.9 Å². The predicted molar refractivity (Wildman–Crippen MR) is 332 cm³/mol. The van der Waals surface area contributed by atoms with Crippen LogP contribution in [0.15, 0.2) is 96.1 Å². The Kier molecular flexibility index (Phi) is 23.7. The van der Waals surface area contributed by atoms with Crippen LogP contribution in [0.4, 0.5) is 0 Å². The molecule has 4 aromatic rings. The molecule has 2 heterocycles. The van der Waals surface area contributed by atoms with Crippen LogP contribution >= 0.6 is 0 Å². The van der Waals surface area contributed by atoms with E-state index in [-0.39, 0.29) is 0 Å². The van der Waals surface area contributed by atoms with E-state index in [4.69, 9.17) is 9.47 Å². The number of hydrogen-bond acceptors (Lipinski definition) is 6. The molecule has 0 aliphatic carbocycles. The maximum atomic E-state index is 13.3. The molecule has 2 aliphatic rings.